The lowest BCUT2D eigenvalue weighted by Crippen LogP contribution is -2.26. The number of rotatable bonds is 6. The van der Waals surface area contributed by atoms with E-state index in [1.165, 1.54) is 19.9 Å². The number of hydrogen-bond donors (Lipinski definition) is 0. The first kappa shape index (κ1) is 18.2. The molecule has 0 heterocycles. The fraction of sp³-hybridized carbons (Fsp3) is 0.500. The summed E-state index contributed by atoms with van der Waals surface area (Å²) in [5, 5.41) is 0. The molecule has 1 atom stereocenters. The molecular formula is C16H19F3O3. The van der Waals surface area contributed by atoms with Crippen LogP contribution in [0.1, 0.15) is 48.2 Å². The molecule has 22 heavy (non-hydrogen) atoms. The summed E-state index contributed by atoms with van der Waals surface area (Å²) < 4.78 is 44.0. The zero-order valence-electron chi connectivity index (χ0n) is 12.8. The van der Waals surface area contributed by atoms with Gasteiger partial charge in [0.05, 0.1) is 12.2 Å². The number of benzene rings is 1. The molecule has 0 aliphatic carbocycles. The third kappa shape index (κ3) is 4.58. The Morgan fingerprint density at radius 3 is 2.45 bits per heavy atom. The molecule has 0 radical (unpaired) electrons. The number of Topliss-reactive ketones (excluding diaryl/α,β-unsaturated/α-hetero) is 1. The van der Waals surface area contributed by atoms with Crippen molar-refractivity contribution in [3.05, 3.63) is 34.9 Å². The van der Waals surface area contributed by atoms with E-state index in [2.05, 4.69) is 0 Å². The second-order valence-electron chi connectivity index (χ2n) is 5.15. The summed E-state index contributed by atoms with van der Waals surface area (Å²) in [6.45, 7) is 4.83. The standard InChI is InChI=1S/C16H19F3O3/c1-4-5-8-22-15(21)11(3)14(20)12-7-6-10(2)9-13(12)16(17,18)19/h6-7,9,11H,4-5,8H2,1-3H3. The maximum absolute atomic E-state index is 13.0. The van der Waals surface area contributed by atoms with Gasteiger partial charge in [0.2, 0.25) is 0 Å². The summed E-state index contributed by atoms with van der Waals surface area (Å²) in [5.41, 5.74) is -1.13. The van der Waals surface area contributed by atoms with Crippen molar-refractivity contribution in [3.8, 4) is 0 Å². The highest BCUT2D eigenvalue weighted by Gasteiger charge is 2.37. The van der Waals surface area contributed by atoms with Crippen LogP contribution in [0.3, 0.4) is 0 Å². The van der Waals surface area contributed by atoms with Gasteiger partial charge in [0, 0.05) is 5.56 Å². The molecule has 0 bridgehead atoms. The molecular weight excluding hydrogens is 297 g/mol. The third-order valence-corrected chi connectivity index (χ3v) is 3.23. The first-order valence-corrected chi connectivity index (χ1v) is 7.07. The Balaban J connectivity index is 3.00. The van der Waals surface area contributed by atoms with Gasteiger partial charge in [-0.25, -0.2) is 0 Å². The van der Waals surface area contributed by atoms with Gasteiger partial charge in [-0.2, -0.15) is 13.2 Å². The van der Waals surface area contributed by atoms with Crippen molar-refractivity contribution in [2.24, 2.45) is 5.92 Å². The van der Waals surface area contributed by atoms with E-state index in [4.69, 9.17) is 4.74 Å². The summed E-state index contributed by atoms with van der Waals surface area (Å²) in [4.78, 5) is 23.9. The normalized spacial score (nSPS) is 12.8. The lowest BCUT2D eigenvalue weighted by molar-refractivity contribution is -0.146. The number of aryl methyl sites for hydroxylation is 1. The summed E-state index contributed by atoms with van der Waals surface area (Å²) in [6.07, 6.45) is -3.19. The molecule has 1 rings (SSSR count). The molecule has 0 N–H and O–H groups in total. The SMILES string of the molecule is CCCCOC(=O)C(C)C(=O)c1ccc(C)cc1C(F)(F)F. The fourth-order valence-corrected chi connectivity index (χ4v) is 1.89. The molecule has 0 aromatic heterocycles. The number of carbonyl (C=O) groups excluding carboxylic acids is 2. The Labute approximate surface area is 127 Å². The van der Waals surface area contributed by atoms with Crippen LogP contribution in [0.2, 0.25) is 0 Å². The second-order valence-corrected chi connectivity index (χ2v) is 5.15. The molecule has 0 fully saturated rings. The summed E-state index contributed by atoms with van der Waals surface area (Å²) in [6, 6.07) is 3.43. The van der Waals surface area contributed by atoms with E-state index in [1.807, 2.05) is 6.92 Å². The molecule has 6 heteroatoms. The highest BCUT2D eigenvalue weighted by Crippen LogP contribution is 2.33. The van der Waals surface area contributed by atoms with Crippen LogP contribution in [0.25, 0.3) is 0 Å². The van der Waals surface area contributed by atoms with Gasteiger partial charge in [-0.05, 0) is 26.3 Å². The average molecular weight is 316 g/mol. The van der Waals surface area contributed by atoms with Crippen LogP contribution in [0.5, 0.6) is 0 Å². The smallest absolute Gasteiger partial charge is 0.417 e. The van der Waals surface area contributed by atoms with Gasteiger partial charge in [-0.15, -0.1) is 0 Å². The summed E-state index contributed by atoms with van der Waals surface area (Å²) in [7, 11) is 0. The van der Waals surface area contributed by atoms with Crippen molar-refractivity contribution in [2.45, 2.75) is 39.8 Å². The number of hydrogen-bond acceptors (Lipinski definition) is 3. The van der Waals surface area contributed by atoms with Crippen molar-refractivity contribution >= 4 is 11.8 Å². The minimum Gasteiger partial charge on any atom is -0.465 e. The van der Waals surface area contributed by atoms with Crippen molar-refractivity contribution in [1.29, 1.82) is 0 Å². The van der Waals surface area contributed by atoms with E-state index in [-0.39, 0.29) is 6.61 Å². The monoisotopic (exact) mass is 316 g/mol. The van der Waals surface area contributed by atoms with Crippen LogP contribution in [0, 0.1) is 12.8 Å². The minimum atomic E-state index is -4.65. The average Bonchev–Trinajstić information content (AvgIpc) is 2.45. The molecule has 1 aromatic rings. The highest BCUT2D eigenvalue weighted by atomic mass is 19.4. The first-order valence-electron chi connectivity index (χ1n) is 7.07. The van der Waals surface area contributed by atoms with Crippen LogP contribution in [0.4, 0.5) is 13.2 Å². The number of halogens is 3. The Morgan fingerprint density at radius 2 is 1.91 bits per heavy atom. The Morgan fingerprint density at radius 1 is 1.27 bits per heavy atom. The van der Waals surface area contributed by atoms with E-state index in [0.29, 0.717) is 12.0 Å². The molecule has 1 unspecified atom stereocenters. The number of carbonyl (C=O) groups is 2. The second kappa shape index (κ2) is 7.42. The van der Waals surface area contributed by atoms with Crippen molar-refractivity contribution in [3.63, 3.8) is 0 Å². The number of ether oxygens (including phenoxy) is 1. The molecule has 0 spiro atoms. The molecule has 3 nitrogen and oxygen atoms in total. The number of ketones is 1. The predicted molar refractivity (Wildman–Crippen MR) is 75.5 cm³/mol. The fourth-order valence-electron chi connectivity index (χ4n) is 1.89. The number of esters is 1. The van der Waals surface area contributed by atoms with Gasteiger partial charge in [0.1, 0.15) is 5.92 Å². The highest BCUT2D eigenvalue weighted by molar-refractivity contribution is 6.09. The van der Waals surface area contributed by atoms with Gasteiger partial charge in [0.15, 0.2) is 5.78 Å². The summed E-state index contributed by atoms with van der Waals surface area (Å²) >= 11 is 0. The van der Waals surface area contributed by atoms with Crippen molar-refractivity contribution < 1.29 is 27.5 Å². The van der Waals surface area contributed by atoms with E-state index >= 15 is 0 Å². The molecule has 0 aliphatic rings. The van der Waals surface area contributed by atoms with E-state index in [1.54, 1.807) is 0 Å². The largest absolute Gasteiger partial charge is 0.465 e. The zero-order chi connectivity index (χ0) is 16.9. The van der Waals surface area contributed by atoms with Crippen LogP contribution >= 0.6 is 0 Å². The lowest BCUT2D eigenvalue weighted by Gasteiger charge is -2.16. The maximum Gasteiger partial charge on any atom is 0.417 e. The predicted octanol–water partition coefficient (Wildman–Crippen LogP) is 4.18. The Hall–Kier alpha value is -1.85. The maximum atomic E-state index is 13.0. The Bertz CT molecular complexity index is 550. The molecule has 122 valence electrons. The van der Waals surface area contributed by atoms with Crippen molar-refractivity contribution in [1.82, 2.24) is 0 Å². The summed E-state index contributed by atoms with van der Waals surface area (Å²) in [5.74, 6) is -2.94. The number of alkyl halides is 3. The molecule has 0 aliphatic heterocycles. The van der Waals surface area contributed by atoms with Gasteiger partial charge < -0.3 is 4.74 Å². The zero-order valence-corrected chi connectivity index (χ0v) is 12.8. The van der Waals surface area contributed by atoms with E-state index < -0.39 is 35.0 Å². The quantitative estimate of drug-likeness (QED) is 0.342. The van der Waals surface area contributed by atoms with E-state index in [0.717, 1.165) is 18.6 Å². The van der Waals surface area contributed by atoms with Gasteiger partial charge in [-0.1, -0.05) is 31.0 Å². The molecule has 0 saturated carbocycles. The van der Waals surface area contributed by atoms with Crippen LogP contribution in [-0.2, 0) is 15.7 Å². The Kier molecular flexibility index (Phi) is 6.14. The molecule has 0 saturated heterocycles. The van der Waals surface area contributed by atoms with Gasteiger partial charge in [-0.3, -0.25) is 9.59 Å². The van der Waals surface area contributed by atoms with Gasteiger partial charge in [0.25, 0.3) is 0 Å². The topological polar surface area (TPSA) is 43.4 Å². The van der Waals surface area contributed by atoms with Crippen LogP contribution < -0.4 is 0 Å². The van der Waals surface area contributed by atoms with E-state index in [9.17, 15) is 22.8 Å². The van der Waals surface area contributed by atoms with Crippen LogP contribution in [0.15, 0.2) is 18.2 Å². The number of unbranched alkanes of at least 4 members (excludes halogenated alkanes) is 1. The lowest BCUT2D eigenvalue weighted by atomic mass is 9.93. The van der Waals surface area contributed by atoms with Crippen molar-refractivity contribution in [2.75, 3.05) is 6.61 Å². The van der Waals surface area contributed by atoms with Gasteiger partial charge >= 0.3 is 12.1 Å². The third-order valence-electron chi connectivity index (χ3n) is 3.23. The van der Waals surface area contributed by atoms with Crippen LogP contribution in [-0.4, -0.2) is 18.4 Å². The molecule has 1 aromatic carbocycles. The minimum absolute atomic E-state index is 0.160. The first-order chi connectivity index (χ1) is 10.2. The molecule has 0 amide bonds.